The van der Waals surface area contributed by atoms with Gasteiger partial charge < -0.3 is 10.6 Å². The van der Waals surface area contributed by atoms with Crippen molar-refractivity contribution in [1.29, 1.82) is 0 Å². The number of guanidine groups is 1. The second-order valence-electron chi connectivity index (χ2n) is 6.88. The summed E-state index contributed by atoms with van der Waals surface area (Å²) in [6.45, 7) is 8.18. The molecule has 0 spiro atoms. The van der Waals surface area contributed by atoms with Crippen molar-refractivity contribution in [1.82, 2.24) is 15.5 Å². The van der Waals surface area contributed by atoms with Crippen LogP contribution in [0.3, 0.4) is 0 Å². The highest BCUT2D eigenvalue weighted by molar-refractivity contribution is 7.09. The van der Waals surface area contributed by atoms with Gasteiger partial charge in [0.2, 0.25) is 0 Å². The molecular formula is C21H30N4S. The summed E-state index contributed by atoms with van der Waals surface area (Å²) < 4.78 is 0. The summed E-state index contributed by atoms with van der Waals surface area (Å²) in [5, 5.41) is 9.09. The Kier molecular flexibility index (Phi) is 7.52. The van der Waals surface area contributed by atoms with E-state index in [1.165, 1.54) is 36.4 Å². The maximum atomic E-state index is 4.73. The van der Waals surface area contributed by atoms with E-state index in [4.69, 9.17) is 4.99 Å². The lowest BCUT2D eigenvalue weighted by atomic mass is 9.98. The molecule has 140 valence electrons. The van der Waals surface area contributed by atoms with E-state index in [9.17, 15) is 0 Å². The van der Waals surface area contributed by atoms with Gasteiger partial charge in [0.25, 0.3) is 0 Å². The van der Waals surface area contributed by atoms with Gasteiger partial charge in [-0.25, -0.2) is 4.99 Å². The number of benzene rings is 1. The van der Waals surface area contributed by atoms with Gasteiger partial charge in [-0.05, 0) is 49.2 Å². The topological polar surface area (TPSA) is 39.7 Å². The fourth-order valence-corrected chi connectivity index (χ4v) is 4.17. The molecule has 1 saturated heterocycles. The van der Waals surface area contributed by atoms with Gasteiger partial charge in [-0.1, -0.05) is 36.4 Å². The zero-order valence-corrected chi connectivity index (χ0v) is 16.5. The lowest BCUT2D eigenvalue weighted by molar-refractivity contribution is 0.169. The predicted molar refractivity (Wildman–Crippen MR) is 112 cm³/mol. The van der Waals surface area contributed by atoms with Gasteiger partial charge in [-0.2, -0.15) is 0 Å². The SMILES string of the molecule is CCNC(=NCc1ccccc1)NCC1CCCN(Cc2cccs2)C1. The molecule has 5 heteroatoms. The average molecular weight is 371 g/mol. The summed E-state index contributed by atoms with van der Waals surface area (Å²) in [5.41, 5.74) is 1.24. The molecule has 4 nitrogen and oxygen atoms in total. The first-order chi connectivity index (χ1) is 12.8. The average Bonchev–Trinajstić information content (AvgIpc) is 3.18. The Balaban J connectivity index is 1.48. The van der Waals surface area contributed by atoms with Crippen LogP contribution < -0.4 is 10.6 Å². The standard InChI is InChI=1S/C21H30N4S/c1-2-22-21(23-14-18-8-4-3-5-9-18)24-15-19-10-6-12-25(16-19)17-20-11-7-13-26-20/h3-5,7-9,11,13,19H,2,6,10,12,14-17H2,1H3,(H2,22,23,24). The Morgan fingerprint density at radius 2 is 2.08 bits per heavy atom. The molecule has 1 aromatic heterocycles. The van der Waals surface area contributed by atoms with Crippen LogP contribution in [0.25, 0.3) is 0 Å². The fourth-order valence-electron chi connectivity index (χ4n) is 3.42. The molecule has 0 radical (unpaired) electrons. The van der Waals surface area contributed by atoms with Crippen molar-refractivity contribution in [3.05, 3.63) is 58.3 Å². The molecule has 0 aliphatic carbocycles. The van der Waals surface area contributed by atoms with E-state index in [1.807, 2.05) is 17.4 Å². The number of nitrogens with one attached hydrogen (secondary N) is 2. The minimum Gasteiger partial charge on any atom is -0.357 e. The number of nitrogens with zero attached hydrogens (tertiary/aromatic N) is 2. The van der Waals surface area contributed by atoms with Crippen LogP contribution in [0.2, 0.25) is 0 Å². The van der Waals surface area contributed by atoms with E-state index in [0.717, 1.165) is 25.6 Å². The van der Waals surface area contributed by atoms with Gasteiger partial charge in [0.05, 0.1) is 6.54 Å². The summed E-state index contributed by atoms with van der Waals surface area (Å²) in [5.74, 6) is 1.61. The Labute approximate surface area is 161 Å². The largest absolute Gasteiger partial charge is 0.357 e. The van der Waals surface area contributed by atoms with Crippen molar-refractivity contribution in [2.45, 2.75) is 32.9 Å². The lowest BCUT2D eigenvalue weighted by Gasteiger charge is -2.32. The number of piperidine rings is 1. The van der Waals surface area contributed by atoms with Crippen molar-refractivity contribution in [2.75, 3.05) is 26.2 Å². The van der Waals surface area contributed by atoms with Crippen molar-refractivity contribution in [3.8, 4) is 0 Å². The Hall–Kier alpha value is -1.85. The third-order valence-electron chi connectivity index (χ3n) is 4.73. The van der Waals surface area contributed by atoms with Crippen LogP contribution in [0.4, 0.5) is 0 Å². The maximum Gasteiger partial charge on any atom is 0.191 e. The maximum absolute atomic E-state index is 4.73. The van der Waals surface area contributed by atoms with Gasteiger partial charge in [0.1, 0.15) is 0 Å². The van der Waals surface area contributed by atoms with Crippen LogP contribution in [0.5, 0.6) is 0 Å². The molecule has 0 saturated carbocycles. The van der Waals surface area contributed by atoms with Crippen LogP contribution in [-0.2, 0) is 13.1 Å². The Morgan fingerprint density at radius 3 is 2.85 bits per heavy atom. The van der Waals surface area contributed by atoms with Gasteiger partial charge in [-0.15, -0.1) is 11.3 Å². The number of rotatable bonds is 7. The highest BCUT2D eigenvalue weighted by Gasteiger charge is 2.20. The van der Waals surface area contributed by atoms with Crippen LogP contribution in [-0.4, -0.2) is 37.0 Å². The molecule has 2 aromatic rings. The summed E-state index contributed by atoms with van der Waals surface area (Å²) in [6, 6.07) is 14.8. The molecule has 2 heterocycles. The first-order valence-corrected chi connectivity index (χ1v) is 10.5. The van der Waals surface area contributed by atoms with Crippen LogP contribution in [0.15, 0.2) is 52.8 Å². The number of hydrogen-bond donors (Lipinski definition) is 2. The zero-order valence-electron chi connectivity index (χ0n) is 15.7. The van der Waals surface area contributed by atoms with Gasteiger partial charge in [0.15, 0.2) is 5.96 Å². The number of aliphatic imine (C=N–C) groups is 1. The first-order valence-electron chi connectivity index (χ1n) is 9.64. The van der Waals surface area contributed by atoms with Crippen LogP contribution in [0, 0.1) is 5.92 Å². The van der Waals surface area contributed by atoms with Gasteiger partial charge >= 0.3 is 0 Å². The quantitative estimate of drug-likeness (QED) is 0.576. The van der Waals surface area contributed by atoms with E-state index in [-0.39, 0.29) is 0 Å². The molecule has 3 rings (SSSR count). The van der Waals surface area contributed by atoms with Gasteiger partial charge in [-0.3, -0.25) is 4.90 Å². The number of likely N-dealkylation sites (tertiary alicyclic amines) is 1. The second-order valence-corrected chi connectivity index (χ2v) is 7.92. The number of thiophene rings is 1. The minimum atomic E-state index is 0.685. The predicted octanol–water partition coefficient (Wildman–Crippen LogP) is 3.72. The fraction of sp³-hybridized carbons (Fsp3) is 0.476. The molecule has 1 atom stereocenters. The van der Waals surface area contributed by atoms with E-state index in [2.05, 4.69) is 64.2 Å². The van der Waals surface area contributed by atoms with Crippen molar-refractivity contribution in [3.63, 3.8) is 0 Å². The minimum absolute atomic E-state index is 0.685. The van der Waals surface area contributed by atoms with E-state index >= 15 is 0 Å². The Morgan fingerprint density at radius 1 is 1.19 bits per heavy atom. The summed E-state index contributed by atoms with van der Waals surface area (Å²) in [6.07, 6.45) is 2.58. The molecule has 0 bridgehead atoms. The molecular weight excluding hydrogens is 340 g/mol. The zero-order chi connectivity index (χ0) is 18.0. The summed E-state index contributed by atoms with van der Waals surface area (Å²) in [4.78, 5) is 8.79. The van der Waals surface area contributed by atoms with Crippen molar-refractivity contribution < 1.29 is 0 Å². The van der Waals surface area contributed by atoms with Crippen LogP contribution >= 0.6 is 11.3 Å². The first kappa shape index (κ1) is 18.9. The van der Waals surface area contributed by atoms with E-state index < -0.39 is 0 Å². The molecule has 26 heavy (non-hydrogen) atoms. The molecule has 1 aromatic carbocycles. The van der Waals surface area contributed by atoms with E-state index in [1.54, 1.807) is 0 Å². The van der Waals surface area contributed by atoms with Gasteiger partial charge in [0, 0.05) is 31.1 Å². The molecule has 2 N–H and O–H groups in total. The highest BCUT2D eigenvalue weighted by atomic mass is 32.1. The normalized spacial score (nSPS) is 18.7. The van der Waals surface area contributed by atoms with E-state index in [0.29, 0.717) is 12.5 Å². The highest BCUT2D eigenvalue weighted by Crippen LogP contribution is 2.19. The smallest absolute Gasteiger partial charge is 0.191 e. The lowest BCUT2D eigenvalue weighted by Crippen LogP contribution is -2.44. The monoisotopic (exact) mass is 370 g/mol. The van der Waals surface area contributed by atoms with Crippen molar-refractivity contribution >= 4 is 17.3 Å². The summed E-state index contributed by atoms with van der Waals surface area (Å²) >= 11 is 1.86. The molecule has 1 aliphatic heterocycles. The third-order valence-corrected chi connectivity index (χ3v) is 5.59. The second kappa shape index (κ2) is 10.3. The van der Waals surface area contributed by atoms with Crippen LogP contribution in [0.1, 0.15) is 30.2 Å². The molecule has 1 unspecified atom stereocenters. The Bertz CT molecular complexity index is 654. The number of hydrogen-bond acceptors (Lipinski definition) is 3. The molecule has 0 amide bonds. The molecule has 1 fully saturated rings. The third kappa shape index (κ3) is 6.15. The summed E-state index contributed by atoms with van der Waals surface area (Å²) in [7, 11) is 0. The molecule has 1 aliphatic rings. The van der Waals surface area contributed by atoms with Crippen molar-refractivity contribution in [2.24, 2.45) is 10.9 Å².